The second-order valence-corrected chi connectivity index (χ2v) is 6.02. The van der Waals surface area contributed by atoms with Gasteiger partial charge in [0.05, 0.1) is 11.1 Å². The van der Waals surface area contributed by atoms with E-state index < -0.39 is 17.6 Å². The molecule has 0 N–H and O–H groups in total. The summed E-state index contributed by atoms with van der Waals surface area (Å²) in [6.45, 7) is 0. The first kappa shape index (κ1) is 17.6. The van der Waals surface area contributed by atoms with Crippen molar-refractivity contribution in [3.8, 4) is 11.5 Å². The average molecular weight is 378 g/mol. The smallest absolute Gasteiger partial charge is 0.346 e. The molecule has 0 unspecified atom stereocenters. The quantitative estimate of drug-likeness (QED) is 0.373. The van der Waals surface area contributed by atoms with Gasteiger partial charge in [-0.2, -0.15) is 0 Å². The van der Waals surface area contributed by atoms with E-state index in [1.165, 1.54) is 60.7 Å². The summed E-state index contributed by atoms with van der Waals surface area (Å²) >= 11 is 0. The van der Waals surface area contributed by atoms with Crippen molar-refractivity contribution in [3.05, 3.63) is 101 Å². The number of fused-ring (bicyclic) bond motifs is 1. The largest absolute Gasteiger partial charge is 0.452 e. The van der Waals surface area contributed by atoms with Crippen LogP contribution in [-0.2, 0) is 0 Å². The van der Waals surface area contributed by atoms with Gasteiger partial charge in [-0.1, -0.05) is 24.3 Å². The number of Topliss-reactive ketones (excluding diaryl/α,β-unsaturated/α-hetero) is 1. The highest BCUT2D eigenvalue weighted by Crippen LogP contribution is 2.35. The van der Waals surface area contributed by atoms with Gasteiger partial charge in [0.2, 0.25) is 5.78 Å². The molecule has 1 aliphatic rings. The molecule has 138 valence electrons. The fourth-order valence-electron chi connectivity index (χ4n) is 2.77. The van der Waals surface area contributed by atoms with E-state index in [4.69, 9.17) is 9.47 Å². The van der Waals surface area contributed by atoms with Crippen molar-refractivity contribution in [1.82, 2.24) is 0 Å². The molecule has 3 aromatic carbocycles. The van der Waals surface area contributed by atoms with Crippen LogP contribution in [-0.4, -0.2) is 11.8 Å². The lowest BCUT2D eigenvalue weighted by atomic mass is 10.1. The van der Waals surface area contributed by atoms with Gasteiger partial charge >= 0.3 is 5.97 Å². The second kappa shape index (κ2) is 7.08. The van der Waals surface area contributed by atoms with Crippen LogP contribution >= 0.6 is 0 Å². The zero-order chi connectivity index (χ0) is 19.7. The molecular weight excluding hydrogens is 366 g/mol. The van der Waals surface area contributed by atoms with Gasteiger partial charge in [-0.15, -0.1) is 0 Å². The molecule has 0 radical (unpaired) electrons. The fraction of sp³-hybridized carbons (Fsp3) is 0. The van der Waals surface area contributed by atoms with E-state index >= 15 is 0 Å². The van der Waals surface area contributed by atoms with E-state index in [1.807, 2.05) is 0 Å². The number of rotatable bonds is 3. The van der Waals surface area contributed by atoms with Crippen LogP contribution in [0, 0.1) is 11.6 Å². The van der Waals surface area contributed by atoms with Crippen molar-refractivity contribution < 1.29 is 27.8 Å². The van der Waals surface area contributed by atoms with Gasteiger partial charge in [0.15, 0.2) is 5.76 Å². The summed E-state index contributed by atoms with van der Waals surface area (Å²) < 4.78 is 37.7. The standard InChI is InChI=1S/C22H12F2O4/c23-14-5-3-4-13(10-14)11-20-21(25)17-9-8-15(12-19(17)28-20)27-22(26)16-6-1-2-7-18(16)24/h1-12H/b20-11+. The summed E-state index contributed by atoms with van der Waals surface area (Å²) in [6, 6.07) is 15.4. The molecule has 6 heteroatoms. The molecule has 4 nitrogen and oxygen atoms in total. The summed E-state index contributed by atoms with van der Waals surface area (Å²) in [5.41, 5.74) is 0.558. The molecule has 0 aromatic heterocycles. The molecule has 0 spiro atoms. The summed E-state index contributed by atoms with van der Waals surface area (Å²) in [7, 11) is 0. The number of halogens is 2. The Bertz CT molecular complexity index is 1130. The monoisotopic (exact) mass is 378 g/mol. The first-order valence-corrected chi connectivity index (χ1v) is 8.32. The minimum absolute atomic E-state index is 0.0261. The SMILES string of the molecule is O=C(Oc1ccc2c(c1)O/C(=C/c1cccc(F)c1)C2=O)c1ccccc1F. The van der Waals surface area contributed by atoms with Crippen molar-refractivity contribution in [3.63, 3.8) is 0 Å². The zero-order valence-corrected chi connectivity index (χ0v) is 14.3. The summed E-state index contributed by atoms with van der Waals surface area (Å²) in [6.07, 6.45) is 1.43. The summed E-state index contributed by atoms with van der Waals surface area (Å²) in [5, 5.41) is 0. The molecule has 0 aliphatic carbocycles. The molecule has 0 bridgehead atoms. The number of carbonyl (C=O) groups is 2. The van der Waals surface area contributed by atoms with Crippen LogP contribution in [0.1, 0.15) is 26.3 Å². The van der Waals surface area contributed by atoms with Crippen LogP contribution < -0.4 is 9.47 Å². The fourth-order valence-corrected chi connectivity index (χ4v) is 2.77. The highest BCUT2D eigenvalue weighted by atomic mass is 19.1. The number of carbonyl (C=O) groups excluding carboxylic acids is 2. The Morgan fingerprint density at radius 1 is 0.964 bits per heavy atom. The van der Waals surface area contributed by atoms with Crippen LogP contribution in [0.4, 0.5) is 8.78 Å². The Kier molecular flexibility index (Phi) is 4.45. The molecule has 1 aliphatic heterocycles. The molecule has 4 rings (SSSR count). The van der Waals surface area contributed by atoms with Gasteiger partial charge in [-0.25, -0.2) is 13.6 Å². The maximum Gasteiger partial charge on any atom is 0.346 e. The molecule has 0 atom stereocenters. The molecular formula is C22H12F2O4. The Morgan fingerprint density at radius 2 is 1.79 bits per heavy atom. The topological polar surface area (TPSA) is 52.6 Å². The molecule has 0 amide bonds. The van der Waals surface area contributed by atoms with Crippen molar-refractivity contribution in [2.45, 2.75) is 0 Å². The zero-order valence-electron chi connectivity index (χ0n) is 14.3. The Balaban J connectivity index is 1.57. The minimum Gasteiger partial charge on any atom is -0.452 e. The summed E-state index contributed by atoms with van der Waals surface area (Å²) in [4.78, 5) is 24.6. The number of esters is 1. The second-order valence-electron chi connectivity index (χ2n) is 6.02. The first-order valence-electron chi connectivity index (χ1n) is 8.32. The van der Waals surface area contributed by atoms with Gasteiger partial charge in [0.25, 0.3) is 0 Å². The predicted octanol–water partition coefficient (Wildman–Crippen LogP) is 4.80. The highest BCUT2D eigenvalue weighted by Gasteiger charge is 2.28. The maximum absolute atomic E-state index is 13.7. The number of hydrogen-bond donors (Lipinski definition) is 0. The Labute approximate surface area is 158 Å². The molecule has 0 saturated heterocycles. The molecule has 0 fully saturated rings. The maximum atomic E-state index is 13.7. The lowest BCUT2D eigenvalue weighted by molar-refractivity contribution is 0.0729. The third-order valence-corrected chi connectivity index (χ3v) is 4.09. The van der Waals surface area contributed by atoms with Gasteiger partial charge in [-0.3, -0.25) is 4.79 Å². The van der Waals surface area contributed by atoms with Crippen molar-refractivity contribution in [1.29, 1.82) is 0 Å². The summed E-state index contributed by atoms with van der Waals surface area (Å²) in [5.74, 6) is -2.03. The molecule has 3 aromatic rings. The van der Waals surface area contributed by atoms with Crippen LogP contribution in [0.5, 0.6) is 11.5 Å². The van der Waals surface area contributed by atoms with Gasteiger partial charge in [0, 0.05) is 6.07 Å². The van der Waals surface area contributed by atoms with E-state index in [0.717, 1.165) is 6.07 Å². The van der Waals surface area contributed by atoms with E-state index in [-0.39, 0.29) is 34.2 Å². The van der Waals surface area contributed by atoms with Gasteiger partial charge in [0.1, 0.15) is 23.1 Å². The lowest BCUT2D eigenvalue weighted by Gasteiger charge is -2.06. The van der Waals surface area contributed by atoms with Crippen LogP contribution in [0.2, 0.25) is 0 Å². The van der Waals surface area contributed by atoms with Crippen LogP contribution in [0.25, 0.3) is 6.08 Å². The van der Waals surface area contributed by atoms with E-state index in [0.29, 0.717) is 5.56 Å². The van der Waals surface area contributed by atoms with E-state index in [9.17, 15) is 18.4 Å². The van der Waals surface area contributed by atoms with Crippen molar-refractivity contribution in [2.75, 3.05) is 0 Å². The Hall–Kier alpha value is -3.80. The number of benzene rings is 3. The number of allylic oxidation sites excluding steroid dienone is 1. The molecule has 28 heavy (non-hydrogen) atoms. The third kappa shape index (κ3) is 3.40. The number of ether oxygens (including phenoxy) is 2. The van der Waals surface area contributed by atoms with Crippen molar-refractivity contribution in [2.24, 2.45) is 0 Å². The van der Waals surface area contributed by atoms with Crippen LogP contribution in [0.15, 0.2) is 72.5 Å². The van der Waals surface area contributed by atoms with E-state index in [2.05, 4.69) is 0 Å². The van der Waals surface area contributed by atoms with E-state index in [1.54, 1.807) is 6.07 Å². The molecule has 1 heterocycles. The average Bonchev–Trinajstić information content (AvgIpc) is 2.97. The van der Waals surface area contributed by atoms with Crippen LogP contribution in [0.3, 0.4) is 0 Å². The highest BCUT2D eigenvalue weighted by molar-refractivity contribution is 6.14. The minimum atomic E-state index is -0.863. The Morgan fingerprint density at radius 3 is 2.57 bits per heavy atom. The third-order valence-electron chi connectivity index (χ3n) is 4.09. The predicted molar refractivity (Wildman–Crippen MR) is 97.1 cm³/mol. The normalized spacial score (nSPS) is 13.9. The molecule has 0 saturated carbocycles. The lowest BCUT2D eigenvalue weighted by Crippen LogP contribution is -2.10. The first-order chi connectivity index (χ1) is 13.5. The van der Waals surface area contributed by atoms with Gasteiger partial charge < -0.3 is 9.47 Å². The number of hydrogen-bond acceptors (Lipinski definition) is 4. The van der Waals surface area contributed by atoms with Gasteiger partial charge in [-0.05, 0) is 48.0 Å². The number of ketones is 1. The van der Waals surface area contributed by atoms with Crippen molar-refractivity contribution >= 4 is 17.8 Å².